The first-order chi connectivity index (χ1) is 9.47. The molecule has 1 amide bonds. The van der Waals surface area contributed by atoms with E-state index in [-0.39, 0.29) is 12.5 Å². The van der Waals surface area contributed by atoms with E-state index >= 15 is 0 Å². The van der Waals surface area contributed by atoms with Crippen molar-refractivity contribution in [3.8, 4) is 0 Å². The number of hydrogen-bond acceptors (Lipinski definition) is 3. The van der Waals surface area contributed by atoms with Crippen LogP contribution in [0, 0.1) is 5.92 Å². The zero-order valence-corrected chi connectivity index (χ0v) is 12.4. The lowest BCUT2D eigenvalue weighted by molar-refractivity contribution is 0.0718. The van der Waals surface area contributed by atoms with Gasteiger partial charge in [0.2, 0.25) is 0 Å². The maximum absolute atomic E-state index is 12.4. The molecule has 0 saturated heterocycles. The van der Waals surface area contributed by atoms with Gasteiger partial charge in [-0.15, -0.1) is 0 Å². The van der Waals surface area contributed by atoms with Crippen molar-refractivity contribution in [2.45, 2.75) is 38.1 Å². The molecule has 4 nitrogen and oxygen atoms in total. The SMILES string of the molecule is CC1CCC(CO)(NC(=O)c2c(N)cccc2Cl)CC1. The van der Waals surface area contributed by atoms with Crippen LogP contribution in [0.25, 0.3) is 0 Å². The summed E-state index contributed by atoms with van der Waals surface area (Å²) in [6, 6.07) is 5.00. The molecule has 20 heavy (non-hydrogen) atoms. The summed E-state index contributed by atoms with van der Waals surface area (Å²) in [4.78, 5) is 12.4. The fourth-order valence-corrected chi connectivity index (χ4v) is 2.99. The topological polar surface area (TPSA) is 75.3 Å². The molecule has 0 heterocycles. The highest BCUT2D eigenvalue weighted by atomic mass is 35.5. The van der Waals surface area contributed by atoms with Crippen LogP contribution in [0.2, 0.25) is 5.02 Å². The summed E-state index contributed by atoms with van der Waals surface area (Å²) in [7, 11) is 0. The Kier molecular flexibility index (Phi) is 4.55. The Morgan fingerprint density at radius 1 is 1.50 bits per heavy atom. The summed E-state index contributed by atoms with van der Waals surface area (Å²) in [5.74, 6) is 0.327. The van der Waals surface area contributed by atoms with Crippen LogP contribution >= 0.6 is 11.6 Å². The highest BCUT2D eigenvalue weighted by molar-refractivity contribution is 6.34. The van der Waals surface area contributed by atoms with Crippen LogP contribution < -0.4 is 11.1 Å². The van der Waals surface area contributed by atoms with Gasteiger partial charge in [-0.25, -0.2) is 0 Å². The van der Waals surface area contributed by atoms with Crippen molar-refractivity contribution in [2.24, 2.45) is 5.92 Å². The third-order valence-electron chi connectivity index (χ3n) is 4.19. The Hall–Kier alpha value is -1.26. The van der Waals surface area contributed by atoms with Gasteiger partial charge >= 0.3 is 0 Å². The van der Waals surface area contributed by atoms with Crippen LogP contribution in [-0.4, -0.2) is 23.2 Å². The van der Waals surface area contributed by atoms with E-state index in [1.165, 1.54) is 0 Å². The van der Waals surface area contributed by atoms with Crippen LogP contribution in [-0.2, 0) is 0 Å². The zero-order chi connectivity index (χ0) is 14.8. The van der Waals surface area contributed by atoms with Gasteiger partial charge < -0.3 is 16.2 Å². The van der Waals surface area contributed by atoms with Crippen molar-refractivity contribution in [3.05, 3.63) is 28.8 Å². The van der Waals surface area contributed by atoms with Gasteiger partial charge in [-0.05, 0) is 43.7 Å². The average Bonchev–Trinajstić information content (AvgIpc) is 2.41. The monoisotopic (exact) mass is 296 g/mol. The second-order valence-electron chi connectivity index (χ2n) is 5.78. The molecule has 0 aromatic heterocycles. The second-order valence-corrected chi connectivity index (χ2v) is 6.19. The number of nitrogens with one attached hydrogen (secondary N) is 1. The van der Waals surface area contributed by atoms with Gasteiger partial charge in [0.1, 0.15) is 0 Å². The molecule has 1 saturated carbocycles. The molecule has 1 aliphatic rings. The van der Waals surface area contributed by atoms with Crippen molar-refractivity contribution >= 4 is 23.2 Å². The largest absolute Gasteiger partial charge is 0.398 e. The number of carbonyl (C=O) groups excluding carboxylic acids is 1. The summed E-state index contributed by atoms with van der Waals surface area (Å²) in [5.41, 5.74) is 5.93. The summed E-state index contributed by atoms with van der Waals surface area (Å²) < 4.78 is 0. The van der Waals surface area contributed by atoms with Gasteiger partial charge in [0.05, 0.1) is 22.7 Å². The van der Waals surface area contributed by atoms with Crippen molar-refractivity contribution in [2.75, 3.05) is 12.3 Å². The number of nitrogen functional groups attached to an aromatic ring is 1. The number of nitrogens with two attached hydrogens (primary N) is 1. The van der Waals surface area contributed by atoms with E-state index in [1.54, 1.807) is 18.2 Å². The first-order valence-corrected chi connectivity index (χ1v) is 7.32. The van der Waals surface area contributed by atoms with E-state index in [9.17, 15) is 9.90 Å². The van der Waals surface area contributed by atoms with E-state index in [4.69, 9.17) is 17.3 Å². The molecule has 0 radical (unpaired) electrons. The minimum Gasteiger partial charge on any atom is -0.398 e. The summed E-state index contributed by atoms with van der Waals surface area (Å²) in [6.45, 7) is 2.13. The van der Waals surface area contributed by atoms with E-state index in [2.05, 4.69) is 12.2 Å². The smallest absolute Gasteiger partial charge is 0.255 e. The molecule has 0 spiro atoms. The summed E-state index contributed by atoms with van der Waals surface area (Å²) in [6.07, 6.45) is 3.55. The minimum atomic E-state index is -0.546. The zero-order valence-electron chi connectivity index (χ0n) is 11.7. The molecule has 0 aliphatic heterocycles. The molecular formula is C15H21ClN2O2. The molecule has 0 unspecified atom stereocenters. The minimum absolute atomic E-state index is 0.0597. The van der Waals surface area contributed by atoms with Crippen molar-refractivity contribution in [1.29, 1.82) is 0 Å². The molecule has 110 valence electrons. The highest BCUT2D eigenvalue weighted by Crippen LogP contribution is 2.32. The van der Waals surface area contributed by atoms with Crippen molar-refractivity contribution in [3.63, 3.8) is 0 Å². The number of halogens is 1. The van der Waals surface area contributed by atoms with E-state index in [0.29, 0.717) is 22.2 Å². The van der Waals surface area contributed by atoms with E-state index in [0.717, 1.165) is 25.7 Å². The van der Waals surface area contributed by atoms with Crippen LogP contribution in [0.5, 0.6) is 0 Å². The Bertz CT molecular complexity index is 476. The molecule has 1 fully saturated rings. The van der Waals surface area contributed by atoms with Gasteiger partial charge in [-0.1, -0.05) is 24.6 Å². The predicted octanol–water partition coefficient (Wildman–Crippen LogP) is 2.59. The third kappa shape index (κ3) is 3.07. The Morgan fingerprint density at radius 2 is 2.15 bits per heavy atom. The summed E-state index contributed by atoms with van der Waals surface area (Å²) in [5, 5.41) is 13.0. The number of hydrogen-bond donors (Lipinski definition) is 3. The number of aliphatic hydroxyl groups excluding tert-OH is 1. The van der Waals surface area contributed by atoms with E-state index < -0.39 is 5.54 Å². The first kappa shape index (κ1) is 15.1. The molecule has 0 atom stereocenters. The summed E-state index contributed by atoms with van der Waals surface area (Å²) >= 11 is 6.05. The lowest BCUT2D eigenvalue weighted by atomic mass is 9.77. The molecular weight excluding hydrogens is 276 g/mol. The third-order valence-corrected chi connectivity index (χ3v) is 4.50. The fourth-order valence-electron chi connectivity index (χ4n) is 2.72. The molecule has 2 rings (SSSR count). The van der Waals surface area contributed by atoms with Gasteiger partial charge in [0.25, 0.3) is 5.91 Å². The molecule has 4 N–H and O–H groups in total. The first-order valence-electron chi connectivity index (χ1n) is 6.95. The predicted molar refractivity (Wildman–Crippen MR) is 80.8 cm³/mol. The number of aliphatic hydroxyl groups is 1. The maximum Gasteiger partial charge on any atom is 0.255 e. The average molecular weight is 297 g/mol. The van der Waals surface area contributed by atoms with Crippen LogP contribution in [0.3, 0.4) is 0 Å². The Balaban J connectivity index is 2.18. The van der Waals surface area contributed by atoms with Gasteiger partial charge in [-0.2, -0.15) is 0 Å². The standard InChI is InChI=1S/C15H21ClN2O2/c1-10-5-7-15(9-19,8-6-10)18-14(20)13-11(16)3-2-4-12(13)17/h2-4,10,19H,5-9,17H2,1H3,(H,18,20). The quantitative estimate of drug-likeness (QED) is 0.751. The van der Waals surface area contributed by atoms with Crippen LogP contribution in [0.15, 0.2) is 18.2 Å². The van der Waals surface area contributed by atoms with Crippen LogP contribution in [0.1, 0.15) is 43.0 Å². The molecule has 5 heteroatoms. The van der Waals surface area contributed by atoms with Gasteiger partial charge in [-0.3, -0.25) is 4.79 Å². The lowest BCUT2D eigenvalue weighted by Gasteiger charge is -2.38. The maximum atomic E-state index is 12.4. The van der Waals surface area contributed by atoms with Gasteiger partial charge in [0.15, 0.2) is 0 Å². The number of anilines is 1. The number of amides is 1. The molecule has 1 aromatic carbocycles. The lowest BCUT2D eigenvalue weighted by Crippen LogP contribution is -2.53. The Morgan fingerprint density at radius 3 is 2.70 bits per heavy atom. The van der Waals surface area contributed by atoms with Gasteiger partial charge in [0, 0.05) is 5.69 Å². The second kappa shape index (κ2) is 6.02. The number of carbonyl (C=O) groups is 1. The molecule has 1 aromatic rings. The normalized spacial score (nSPS) is 26.2. The Labute approximate surface area is 124 Å². The molecule has 0 bridgehead atoms. The molecule has 1 aliphatic carbocycles. The fraction of sp³-hybridized carbons (Fsp3) is 0.533. The van der Waals surface area contributed by atoms with Crippen molar-refractivity contribution < 1.29 is 9.90 Å². The van der Waals surface area contributed by atoms with Crippen LogP contribution in [0.4, 0.5) is 5.69 Å². The number of benzene rings is 1. The number of rotatable bonds is 3. The highest BCUT2D eigenvalue weighted by Gasteiger charge is 2.35. The van der Waals surface area contributed by atoms with E-state index in [1.807, 2.05) is 0 Å². The van der Waals surface area contributed by atoms with Crippen molar-refractivity contribution in [1.82, 2.24) is 5.32 Å².